The lowest BCUT2D eigenvalue weighted by Crippen LogP contribution is -2.47. The van der Waals surface area contributed by atoms with Crippen molar-refractivity contribution in [2.24, 2.45) is 0 Å². The highest BCUT2D eigenvalue weighted by atomic mass is 16.3. The number of hydrogen-bond acceptors (Lipinski definition) is 7. The molecule has 2 heterocycles. The van der Waals surface area contributed by atoms with Crippen LogP contribution in [0.4, 0.5) is 11.4 Å². The average molecular weight is 607 g/mol. The van der Waals surface area contributed by atoms with Crippen LogP contribution in [0, 0.1) is 0 Å². The van der Waals surface area contributed by atoms with Gasteiger partial charge in [0.1, 0.15) is 5.78 Å². The number of aliphatic hydroxyl groups is 2. The highest BCUT2D eigenvalue weighted by molar-refractivity contribution is 5.91. The molecule has 7 nitrogen and oxygen atoms in total. The highest BCUT2D eigenvalue weighted by Crippen LogP contribution is 2.36. The summed E-state index contributed by atoms with van der Waals surface area (Å²) >= 11 is 0. The van der Waals surface area contributed by atoms with Gasteiger partial charge in [-0.05, 0) is 57.3 Å². The van der Waals surface area contributed by atoms with E-state index in [-0.39, 0.29) is 41.7 Å². The third-order valence-electron chi connectivity index (χ3n) is 9.77. The summed E-state index contributed by atoms with van der Waals surface area (Å²) in [6.45, 7) is 26.9. The van der Waals surface area contributed by atoms with E-state index in [1.165, 1.54) is 22.5 Å². The van der Waals surface area contributed by atoms with Crippen LogP contribution in [-0.4, -0.2) is 104 Å². The monoisotopic (exact) mass is 606 g/mol. The van der Waals surface area contributed by atoms with Crippen molar-refractivity contribution in [1.82, 2.24) is 9.80 Å². The van der Waals surface area contributed by atoms with Gasteiger partial charge < -0.3 is 20.0 Å². The third kappa shape index (κ3) is 8.42. The minimum absolute atomic E-state index is 0.0327. The average Bonchev–Trinajstić information content (AvgIpc) is 2.99. The molecule has 0 aliphatic carbocycles. The summed E-state index contributed by atoms with van der Waals surface area (Å²) in [6, 6.07) is 13.6. The van der Waals surface area contributed by atoms with Gasteiger partial charge in [0, 0.05) is 88.7 Å². The minimum atomic E-state index is -0.231. The second kappa shape index (κ2) is 14.3. The van der Waals surface area contributed by atoms with Crippen molar-refractivity contribution in [2.45, 2.75) is 78.1 Å². The molecule has 7 heteroatoms. The van der Waals surface area contributed by atoms with E-state index in [1.807, 2.05) is 0 Å². The molecule has 0 saturated carbocycles. The lowest BCUT2D eigenvalue weighted by Gasteiger charge is -2.37. The summed E-state index contributed by atoms with van der Waals surface area (Å²) in [6.07, 6.45) is 0. The summed E-state index contributed by atoms with van der Waals surface area (Å²) in [5.74, 6) is -0.212. The number of carbonyl (C=O) groups excluding carboxylic acids is 1. The third-order valence-corrected chi connectivity index (χ3v) is 9.77. The Bertz CT molecular complexity index is 1150. The fourth-order valence-corrected chi connectivity index (χ4v) is 6.45. The first-order valence-corrected chi connectivity index (χ1v) is 16.7. The molecule has 244 valence electrons. The molecule has 0 spiro atoms. The molecule has 2 aromatic rings. The number of nitrogens with zero attached hydrogens (tertiary/aromatic N) is 4. The van der Waals surface area contributed by atoms with Gasteiger partial charge in [-0.2, -0.15) is 0 Å². The predicted octanol–water partition coefficient (Wildman–Crippen LogP) is 4.99. The first-order chi connectivity index (χ1) is 20.7. The Morgan fingerprint density at radius 2 is 0.955 bits per heavy atom. The summed E-state index contributed by atoms with van der Waals surface area (Å²) in [7, 11) is 0. The molecule has 44 heavy (non-hydrogen) atoms. The van der Waals surface area contributed by atoms with E-state index in [1.54, 1.807) is 0 Å². The Morgan fingerprint density at radius 1 is 0.614 bits per heavy atom. The fraction of sp³-hybridized carbons (Fsp3) is 0.649. The van der Waals surface area contributed by atoms with Gasteiger partial charge in [0.15, 0.2) is 0 Å². The largest absolute Gasteiger partial charge is 0.395 e. The molecular weight excluding hydrogens is 548 g/mol. The number of aliphatic hydroxyl groups excluding tert-OH is 2. The van der Waals surface area contributed by atoms with E-state index in [4.69, 9.17) is 0 Å². The number of ketones is 1. The predicted molar refractivity (Wildman–Crippen MR) is 184 cm³/mol. The van der Waals surface area contributed by atoms with Crippen LogP contribution >= 0.6 is 0 Å². The SMILES string of the molecule is CC(C(=O)C(C)c1cc(N2CCN(CCO)CC2)cc(C(C)(C)C)c1)c1cc(N2CCN(CCO)CC2)cc(C(C)(C)C)c1. The second-order valence-electron chi connectivity index (χ2n) is 15.1. The summed E-state index contributed by atoms with van der Waals surface area (Å²) < 4.78 is 0. The number of hydrogen-bond donors (Lipinski definition) is 2. The van der Waals surface area contributed by atoms with Crippen molar-refractivity contribution in [2.75, 3.05) is 88.5 Å². The van der Waals surface area contributed by atoms with Crippen LogP contribution in [0.15, 0.2) is 36.4 Å². The van der Waals surface area contributed by atoms with E-state index in [0.717, 1.165) is 76.6 Å². The maximum atomic E-state index is 14.3. The van der Waals surface area contributed by atoms with Crippen molar-refractivity contribution >= 4 is 17.2 Å². The minimum Gasteiger partial charge on any atom is -0.395 e. The van der Waals surface area contributed by atoms with Gasteiger partial charge in [-0.25, -0.2) is 0 Å². The standard InChI is InChI=1S/C37H58N4O3/c1-27(29-21-31(36(3,4)5)25-33(23-29)40-13-9-38(10-14-40)17-19-42)35(44)28(2)30-22-32(37(6,7)8)26-34(24-30)41-15-11-39(12-16-41)18-20-43/h21-28,42-43H,9-20H2,1-8H3. The number of carbonyl (C=O) groups is 1. The van der Waals surface area contributed by atoms with Crippen LogP contribution in [0.3, 0.4) is 0 Å². The number of benzene rings is 2. The first-order valence-electron chi connectivity index (χ1n) is 16.7. The van der Waals surface area contributed by atoms with Crippen LogP contribution in [-0.2, 0) is 15.6 Å². The Labute approximate surface area is 266 Å². The van der Waals surface area contributed by atoms with E-state index >= 15 is 0 Å². The smallest absolute Gasteiger partial charge is 0.147 e. The normalized spacial score (nSPS) is 18.9. The molecule has 2 atom stereocenters. The van der Waals surface area contributed by atoms with Gasteiger partial charge in [-0.1, -0.05) is 67.5 Å². The van der Waals surface area contributed by atoms with Crippen LogP contribution in [0.1, 0.15) is 89.5 Å². The molecule has 2 N–H and O–H groups in total. The molecule has 2 unspecified atom stereocenters. The number of β-amino-alcohol motifs (C(OH)–C–C–N with tert-alkyl or cyclic N) is 2. The maximum Gasteiger partial charge on any atom is 0.147 e. The lowest BCUT2D eigenvalue weighted by molar-refractivity contribution is -0.121. The van der Waals surface area contributed by atoms with Gasteiger partial charge >= 0.3 is 0 Å². The molecule has 0 bridgehead atoms. The van der Waals surface area contributed by atoms with Crippen LogP contribution < -0.4 is 9.80 Å². The number of Topliss-reactive ketones (excluding diaryl/α,β-unsaturated/α-hetero) is 1. The zero-order valence-electron chi connectivity index (χ0n) is 28.7. The Balaban J connectivity index is 1.61. The molecule has 2 fully saturated rings. The Morgan fingerprint density at radius 3 is 1.25 bits per heavy atom. The molecule has 0 aromatic heterocycles. The van der Waals surface area contributed by atoms with E-state index in [9.17, 15) is 15.0 Å². The fourth-order valence-electron chi connectivity index (χ4n) is 6.45. The van der Waals surface area contributed by atoms with Crippen LogP contribution in [0.2, 0.25) is 0 Å². The quantitative estimate of drug-likeness (QED) is 0.395. The van der Waals surface area contributed by atoms with Crippen molar-refractivity contribution in [1.29, 1.82) is 0 Å². The molecule has 0 radical (unpaired) electrons. The topological polar surface area (TPSA) is 70.5 Å². The summed E-state index contributed by atoms with van der Waals surface area (Å²) in [5.41, 5.74) is 7.02. The number of piperazine rings is 2. The van der Waals surface area contributed by atoms with E-state index in [0.29, 0.717) is 0 Å². The maximum absolute atomic E-state index is 14.3. The van der Waals surface area contributed by atoms with Crippen molar-refractivity contribution in [3.63, 3.8) is 0 Å². The van der Waals surface area contributed by atoms with Gasteiger partial charge in [-0.15, -0.1) is 0 Å². The van der Waals surface area contributed by atoms with Gasteiger partial charge in [-0.3, -0.25) is 14.6 Å². The van der Waals surface area contributed by atoms with E-state index in [2.05, 4.69) is 111 Å². The van der Waals surface area contributed by atoms with Crippen LogP contribution in [0.25, 0.3) is 0 Å². The van der Waals surface area contributed by atoms with Crippen molar-refractivity contribution in [3.05, 3.63) is 58.7 Å². The Hall–Kier alpha value is -2.45. The molecule has 2 aromatic carbocycles. The zero-order chi connectivity index (χ0) is 32.2. The van der Waals surface area contributed by atoms with Gasteiger partial charge in [0.25, 0.3) is 0 Å². The molecule has 2 aliphatic rings. The van der Waals surface area contributed by atoms with Crippen molar-refractivity contribution in [3.8, 4) is 0 Å². The Kier molecular flexibility index (Phi) is 11.2. The molecule has 2 saturated heterocycles. The van der Waals surface area contributed by atoms with Gasteiger partial charge in [0.2, 0.25) is 0 Å². The second-order valence-corrected chi connectivity index (χ2v) is 15.1. The van der Waals surface area contributed by atoms with Gasteiger partial charge in [0.05, 0.1) is 13.2 Å². The molecule has 4 rings (SSSR count). The summed E-state index contributed by atoms with van der Waals surface area (Å²) in [4.78, 5) is 23.8. The lowest BCUT2D eigenvalue weighted by atomic mass is 9.79. The van der Waals surface area contributed by atoms with E-state index < -0.39 is 0 Å². The van der Waals surface area contributed by atoms with Crippen LogP contribution in [0.5, 0.6) is 0 Å². The number of anilines is 2. The number of rotatable bonds is 10. The highest BCUT2D eigenvalue weighted by Gasteiger charge is 2.29. The molecule has 0 amide bonds. The van der Waals surface area contributed by atoms with Crippen molar-refractivity contribution < 1.29 is 15.0 Å². The zero-order valence-corrected chi connectivity index (χ0v) is 28.7. The molecule has 2 aliphatic heterocycles. The molecular formula is C37H58N4O3. The summed E-state index contributed by atoms with van der Waals surface area (Å²) in [5, 5.41) is 18.7. The first kappa shape index (κ1) is 34.4.